The predicted octanol–water partition coefficient (Wildman–Crippen LogP) is 0.986. The Bertz CT molecular complexity index is 823. The van der Waals surface area contributed by atoms with E-state index in [9.17, 15) is 19.2 Å². The minimum atomic E-state index is -1.45. The van der Waals surface area contributed by atoms with Crippen molar-refractivity contribution in [3.8, 4) is 23.0 Å². The molecule has 0 spiro atoms. The van der Waals surface area contributed by atoms with E-state index in [0.717, 1.165) is 0 Å². The Hall–Kier alpha value is -3.60. The quantitative estimate of drug-likeness (QED) is 0.282. The van der Waals surface area contributed by atoms with Crippen LogP contribution in [0.1, 0.15) is 41.4 Å². The summed E-state index contributed by atoms with van der Waals surface area (Å²) in [5.41, 5.74) is -2.19. The smallest absolute Gasteiger partial charge is 0.339 e. The summed E-state index contributed by atoms with van der Waals surface area (Å²) in [4.78, 5) is 41.7. The summed E-state index contributed by atoms with van der Waals surface area (Å²) in [5, 5.41) is 70.3. The van der Waals surface area contributed by atoms with Crippen molar-refractivity contribution in [3.05, 3.63) is 46.5 Å². The van der Waals surface area contributed by atoms with Crippen molar-refractivity contribution < 1.29 is 86.2 Å². The number of carbonyl (C=O) groups is 4. The number of carboxylic acid groups (broad SMARTS) is 4. The number of phenols is 4. The Morgan fingerprint density at radius 1 is 0.448 bits per heavy atom. The summed E-state index contributed by atoms with van der Waals surface area (Å²) < 4.78 is 0. The molecule has 0 atom stereocenters. The molecule has 0 saturated heterocycles. The molecule has 0 heterocycles. The first-order valence-corrected chi connectivity index (χ1v) is 6.91. The summed E-state index contributed by atoms with van der Waals surface area (Å²) >= 11 is 0. The maximum Gasteiger partial charge on any atom is 0.339 e. The third-order valence-electron chi connectivity index (χ3n) is 3.15. The second-order valence-corrected chi connectivity index (χ2v) is 4.99. The van der Waals surface area contributed by atoms with Gasteiger partial charge >= 0.3 is 23.9 Å². The SMILES string of the molecule is O=C(O)c1cc(O)c(C(=O)O)cc1O.O=C(O)c1cc(O)c(C(=O)O)cc1O.[Zr]. The fraction of sp³-hybridized carbons (Fsp3) is 0. The van der Waals surface area contributed by atoms with Crippen molar-refractivity contribution in [2.45, 2.75) is 0 Å². The van der Waals surface area contributed by atoms with Crippen LogP contribution in [0.2, 0.25) is 0 Å². The zero-order valence-electron chi connectivity index (χ0n) is 14.0. The van der Waals surface area contributed by atoms with Crippen molar-refractivity contribution in [2.75, 3.05) is 0 Å². The molecular weight excluding hydrogens is 475 g/mol. The molecule has 2 rings (SSSR count). The van der Waals surface area contributed by atoms with Crippen LogP contribution >= 0.6 is 0 Å². The normalized spacial score (nSPS) is 9.38. The van der Waals surface area contributed by atoms with Gasteiger partial charge in [0.05, 0.1) is 0 Å². The fourth-order valence-corrected chi connectivity index (χ4v) is 1.84. The first-order chi connectivity index (χ1) is 12.9. The first kappa shape index (κ1) is 25.4. The van der Waals surface area contributed by atoms with Gasteiger partial charge in [-0.15, -0.1) is 0 Å². The molecule has 8 N–H and O–H groups in total. The van der Waals surface area contributed by atoms with Gasteiger partial charge in [0, 0.05) is 26.2 Å². The standard InChI is InChI=1S/2C8H6O6.Zr/c2*9-5-1-3(7(11)12)6(10)2-4(5)8(13)14;/h2*1-2,9-10H,(H,11,12)(H,13,14);. The van der Waals surface area contributed by atoms with Gasteiger partial charge in [-0.25, -0.2) is 19.2 Å². The summed E-state index contributed by atoms with van der Waals surface area (Å²) in [6.45, 7) is 0. The Balaban J connectivity index is 0.000000523. The average Bonchev–Trinajstić information content (AvgIpc) is 2.57. The van der Waals surface area contributed by atoms with Crippen molar-refractivity contribution in [3.63, 3.8) is 0 Å². The molecule has 12 nitrogen and oxygen atoms in total. The van der Waals surface area contributed by atoms with Gasteiger partial charge in [0.15, 0.2) is 0 Å². The summed E-state index contributed by atoms with van der Waals surface area (Å²) in [6.07, 6.45) is 0. The molecule has 0 saturated carbocycles. The van der Waals surface area contributed by atoms with Crippen LogP contribution in [-0.2, 0) is 26.2 Å². The van der Waals surface area contributed by atoms with Crippen LogP contribution in [0.3, 0.4) is 0 Å². The van der Waals surface area contributed by atoms with Gasteiger partial charge in [-0.2, -0.15) is 0 Å². The van der Waals surface area contributed by atoms with Gasteiger partial charge in [-0.1, -0.05) is 0 Å². The minimum absolute atomic E-state index is 0. The van der Waals surface area contributed by atoms with E-state index < -0.39 is 69.1 Å². The average molecular weight is 487 g/mol. The van der Waals surface area contributed by atoms with E-state index in [1.54, 1.807) is 0 Å². The van der Waals surface area contributed by atoms with Crippen LogP contribution in [-0.4, -0.2) is 64.7 Å². The number of rotatable bonds is 4. The second kappa shape index (κ2) is 10.1. The molecule has 2 aromatic carbocycles. The Morgan fingerprint density at radius 2 is 0.586 bits per heavy atom. The summed E-state index contributed by atoms with van der Waals surface area (Å²) in [6, 6.07) is 2.73. The van der Waals surface area contributed by atoms with E-state index in [1.807, 2.05) is 0 Å². The monoisotopic (exact) mass is 486 g/mol. The third kappa shape index (κ3) is 6.21. The number of hydrogen-bond acceptors (Lipinski definition) is 8. The van der Waals surface area contributed by atoms with Gasteiger partial charge in [-0.3, -0.25) is 0 Å². The molecule has 0 aliphatic heterocycles. The van der Waals surface area contributed by atoms with Gasteiger partial charge in [0.25, 0.3) is 0 Å². The maximum absolute atomic E-state index is 10.4. The molecule has 0 fully saturated rings. The Labute approximate surface area is 179 Å². The number of hydrogen-bond donors (Lipinski definition) is 8. The Morgan fingerprint density at radius 3 is 0.690 bits per heavy atom. The molecule has 0 radical (unpaired) electrons. The van der Waals surface area contributed by atoms with E-state index in [4.69, 9.17) is 40.9 Å². The fourth-order valence-electron chi connectivity index (χ4n) is 1.84. The molecule has 0 unspecified atom stereocenters. The Kier molecular flexibility index (Phi) is 8.83. The molecule has 13 heteroatoms. The van der Waals surface area contributed by atoms with Crippen LogP contribution in [0.25, 0.3) is 0 Å². The van der Waals surface area contributed by atoms with Crippen molar-refractivity contribution in [1.29, 1.82) is 0 Å². The van der Waals surface area contributed by atoms with Crippen molar-refractivity contribution in [1.82, 2.24) is 0 Å². The van der Waals surface area contributed by atoms with Crippen LogP contribution in [0.4, 0.5) is 0 Å². The van der Waals surface area contributed by atoms with E-state index >= 15 is 0 Å². The largest absolute Gasteiger partial charge is 0.507 e. The van der Waals surface area contributed by atoms with Gasteiger partial charge < -0.3 is 40.9 Å². The molecule has 0 aromatic heterocycles. The topological polar surface area (TPSA) is 230 Å². The third-order valence-corrected chi connectivity index (χ3v) is 3.15. The molecule has 0 aliphatic rings. The maximum atomic E-state index is 10.4. The number of carboxylic acids is 4. The predicted molar refractivity (Wildman–Crippen MR) is 87.4 cm³/mol. The van der Waals surface area contributed by atoms with Crippen LogP contribution in [0, 0.1) is 0 Å². The summed E-state index contributed by atoms with van der Waals surface area (Å²) in [7, 11) is 0. The molecular formula is C16H12O12Zr. The number of aromatic hydroxyl groups is 4. The molecule has 2 aromatic rings. The molecule has 0 aliphatic carbocycles. The molecule has 152 valence electrons. The second-order valence-electron chi connectivity index (χ2n) is 4.99. The molecule has 0 bridgehead atoms. The van der Waals surface area contributed by atoms with Crippen LogP contribution in [0.5, 0.6) is 23.0 Å². The number of benzene rings is 2. The van der Waals surface area contributed by atoms with Crippen molar-refractivity contribution in [2.24, 2.45) is 0 Å². The van der Waals surface area contributed by atoms with Gasteiger partial charge in [0.1, 0.15) is 45.3 Å². The molecule has 0 amide bonds. The van der Waals surface area contributed by atoms with Gasteiger partial charge in [0.2, 0.25) is 0 Å². The molecule has 29 heavy (non-hydrogen) atoms. The summed E-state index contributed by atoms with van der Waals surface area (Å²) in [5.74, 6) is -8.60. The van der Waals surface area contributed by atoms with E-state index in [1.165, 1.54) is 0 Å². The van der Waals surface area contributed by atoms with Crippen molar-refractivity contribution >= 4 is 23.9 Å². The van der Waals surface area contributed by atoms with Crippen LogP contribution < -0.4 is 0 Å². The van der Waals surface area contributed by atoms with E-state index in [-0.39, 0.29) is 26.2 Å². The van der Waals surface area contributed by atoms with E-state index in [0.29, 0.717) is 24.3 Å². The van der Waals surface area contributed by atoms with Crippen LogP contribution in [0.15, 0.2) is 24.3 Å². The zero-order valence-corrected chi connectivity index (χ0v) is 16.5. The van der Waals surface area contributed by atoms with E-state index in [2.05, 4.69) is 0 Å². The zero-order chi connectivity index (χ0) is 21.8. The van der Waals surface area contributed by atoms with Gasteiger partial charge in [-0.05, 0) is 24.3 Å². The first-order valence-electron chi connectivity index (χ1n) is 6.91. The minimum Gasteiger partial charge on any atom is -0.507 e. The number of aromatic carboxylic acids is 4.